The third-order valence-electron chi connectivity index (χ3n) is 11.2. The van der Waals surface area contributed by atoms with Crippen LogP contribution in [-0.2, 0) is 57.0 Å². The van der Waals surface area contributed by atoms with Gasteiger partial charge in [0.2, 0.25) is 34.4 Å². The molecule has 11 N–H and O–H groups in total. The Morgan fingerprint density at radius 3 is 1.77 bits per heavy atom. The smallest absolute Gasteiger partial charge is 0.300 e. The van der Waals surface area contributed by atoms with Crippen molar-refractivity contribution in [3.05, 3.63) is 93.2 Å². The second kappa shape index (κ2) is 22.1. The topological polar surface area (TPSA) is 469 Å². The third-order valence-corrected chi connectivity index (χ3v) is 16.3. The van der Waals surface area contributed by atoms with Gasteiger partial charge in [-0.15, -0.1) is 0 Å². The highest BCUT2D eigenvalue weighted by Gasteiger charge is 2.35. The van der Waals surface area contributed by atoms with E-state index in [1.165, 1.54) is 36.4 Å². The number of anilines is 9. The molecule has 0 radical (unpaired) electrons. The van der Waals surface area contributed by atoms with Gasteiger partial charge in [0, 0.05) is 30.9 Å². The lowest BCUT2D eigenvalue weighted by molar-refractivity contribution is 0.446. The van der Waals surface area contributed by atoms with Crippen LogP contribution in [0.1, 0.15) is 12.5 Å². The fourth-order valence-corrected chi connectivity index (χ4v) is 11.7. The van der Waals surface area contributed by atoms with Crippen molar-refractivity contribution in [1.82, 2.24) is 34.9 Å². The first-order valence-corrected chi connectivity index (χ1v) is 30.7. The van der Waals surface area contributed by atoms with Crippen molar-refractivity contribution in [2.24, 2.45) is 4.99 Å². The Kier molecular flexibility index (Phi) is 15.9. The van der Waals surface area contributed by atoms with Crippen LogP contribution in [0.15, 0.2) is 101 Å². The molecule has 4 aromatic carbocycles. The van der Waals surface area contributed by atoms with Crippen LogP contribution < -0.4 is 42.0 Å². The van der Waals surface area contributed by atoms with E-state index >= 15 is 0 Å². The molecular weight excluding hydrogens is 1240 g/mol. The van der Waals surface area contributed by atoms with Crippen LogP contribution in [0.2, 0.25) is 15.6 Å². The monoisotopic (exact) mass is 1270 g/mol. The van der Waals surface area contributed by atoms with Gasteiger partial charge in [-0.05, 0) is 96.4 Å². The summed E-state index contributed by atoms with van der Waals surface area (Å²) in [5, 5.41) is 15.7. The van der Waals surface area contributed by atoms with E-state index in [1.807, 2.05) is 0 Å². The Morgan fingerprint density at radius 1 is 0.580 bits per heavy atom. The molecule has 0 atom stereocenters. The predicted octanol–water partition coefficient (Wildman–Crippen LogP) is 5.93. The number of benzene rings is 5. The zero-order chi connectivity index (χ0) is 58.6. The van der Waals surface area contributed by atoms with Gasteiger partial charge in [0.15, 0.2) is 32.6 Å². The summed E-state index contributed by atoms with van der Waals surface area (Å²) in [6, 6.07) is 12.5. The molecule has 0 amide bonds. The second-order valence-electron chi connectivity index (χ2n) is 16.5. The third kappa shape index (κ3) is 12.9. The van der Waals surface area contributed by atoms with Gasteiger partial charge in [0.1, 0.15) is 26.8 Å². The summed E-state index contributed by atoms with van der Waals surface area (Å²) in [5.41, 5.74) is -0.224. The molecule has 9 rings (SSSR count). The maximum Gasteiger partial charge on any atom is 0.300 e. The molecule has 3 aliphatic rings. The predicted molar refractivity (Wildman–Crippen MR) is 289 cm³/mol. The maximum absolute atomic E-state index is 13.1. The highest BCUT2D eigenvalue weighted by atomic mass is 35.5. The number of aromatic nitrogens is 7. The minimum absolute atomic E-state index is 0.0194. The summed E-state index contributed by atoms with van der Waals surface area (Å²) in [7, 11) is -24.6. The van der Waals surface area contributed by atoms with Gasteiger partial charge in [-0.1, -0.05) is 18.5 Å². The lowest BCUT2D eigenvalue weighted by Gasteiger charge is -2.28. The van der Waals surface area contributed by atoms with Crippen LogP contribution in [-0.4, -0.2) is 126 Å². The van der Waals surface area contributed by atoms with Gasteiger partial charge in [-0.2, -0.15) is 72.0 Å². The number of hydrogen-bond donors (Lipinski definition) is 11. The second-order valence-corrected chi connectivity index (χ2v) is 24.5. The van der Waals surface area contributed by atoms with Gasteiger partial charge in [-0.3, -0.25) is 27.8 Å². The molecule has 2 aliphatic heterocycles. The van der Waals surface area contributed by atoms with Crippen LogP contribution >= 0.6 is 34.8 Å². The fourth-order valence-electron chi connectivity index (χ4n) is 7.82. The fraction of sp³-hybridized carbons (Fsp3) is 0.143. The average molecular weight is 1270 g/mol. The lowest BCUT2D eigenvalue weighted by atomic mass is 10.0. The van der Waals surface area contributed by atoms with Crippen LogP contribution in [0.3, 0.4) is 0 Å². The molecule has 2 aromatic heterocycles. The first-order chi connectivity index (χ1) is 38.0. The highest BCUT2D eigenvalue weighted by Crippen LogP contribution is 2.54. The molecule has 426 valence electrons. The first kappa shape index (κ1) is 58.2. The molecule has 31 nitrogen and oxygen atoms in total. The highest BCUT2D eigenvalue weighted by molar-refractivity contribution is 7.87. The number of nitrogens with one attached hydrogen (secondary N) is 6. The van der Waals surface area contributed by atoms with Crippen molar-refractivity contribution < 1.29 is 74.0 Å². The summed E-state index contributed by atoms with van der Waals surface area (Å²) in [6.45, 7) is 1.29. The van der Waals surface area contributed by atoms with E-state index in [-0.39, 0.29) is 122 Å². The Morgan fingerprint density at radius 2 is 1.16 bits per heavy atom. The number of fused-ring (bicyclic) bond motifs is 4. The standard InChI is InChI=1S/C42H35Cl3N14O17S5/c1-2-21-29-34(76-33-23(51-29)9-11-26(36(33)81(72,73)74)47-13-15-48-39-54-37(44)56-41(58-39)50-18-3-5-19(6-4-18)77(60,61)62)28(43)30-31(21)75-32-24(52-30)10-12-25(35(32)80(69,70)71)46-14-16-49-40-55-38(45)57-42(59-40)53-22-8-7-20(78(63,64)65)17-27(22)79(66,67)68/h3-12,17,46,52H,2,13-16H2,1H3,(H,60,61,62)(H,63,64,65)(H,66,67,68)(H,69,70,71)(H,72,73,74)(H2,48,50,54,56,58)(H2,49,53,55,57,59). The van der Waals surface area contributed by atoms with E-state index in [0.29, 0.717) is 11.8 Å². The molecule has 0 saturated carbocycles. The number of aryl methyl sites for hydroxylation is 1. The minimum Gasteiger partial charge on any atom is -0.451 e. The van der Waals surface area contributed by atoms with Gasteiger partial charge in [0.05, 0.1) is 38.8 Å². The van der Waals surface area contributed by atoms with Crippen molar-refractivity contribution in [1.29, 1.82) is 0 Å². The van der Waals surface area contributed by atoms with Gasteiger partial charge in [0.25, 0.3) is 40.5 Å². The van der Waals surface area contributed by atoms with Gasteiger partial charge < -0.3 is 41.1 Å². The summed E-state index contributed by atoms with van der Waals surface area (Å²) in [5.74, 6) is -1.57. The Hall–Kier alpha value is -7.46. The Labute approximate surface area is 471 Å². The van der Waals surface area contributed by atoms with Gasteiger partial charge >= 0.3 is 10.1 Å². The van der Waals surface area contributed by atoms with E-state index in [0.717, 1.165) is 24.3 Å². The van der Waals surface area contributed by atoms with Crippen molar-refractivity contribution in [3.63, 3.8) is 0 Å². The van der Waals surface area contributed by atoms with Crippen molar-refractivity contribution in [2.45, 2.75) is 37.8 Å². The normalized spacial score (nSPS) is 13.0. The molecule has 0 saturated heterocycles. The number of nitrogens with zero attached hydrogens (tertiary/aromatic N) is 8. The number of hydrogen-bond acceptors (Lipinski definition) is 26. The van der Waals surface area contributed by atoms with E-state index in [4.69, 9.17) is 44.0 Å². The Bertz CT molecular complexity index is 4530. The van der Waals surface area contributed by atoms with Crippen LogP contribution in [0.5, 0.6) is 11.5 Å². The number of rotatable bonds is 19. The van der Waals surface area contributed by atoms with Crippen LogP contribution in [0.4, 0.5) is 52.2 Å². The van der Waals surface area contributed by atoms with E-state index in [9.17, 15) is 64.9 Å². The molecule has 1 aliphatic carbocycles. The van der Waals surface area contributed by atoms with Gasteiger partial charge in [-0.25, -0.2) is 4.98 Å². The number of ether oxygens (including phenoxy) is 1. The van der Waals surface area contributed by atoms with E-state index in [2.05, 4.69) is 71.8 Å². The largest absolute Gasteiger partial charge is 0.451 e. The zero-order valence-electron chi connectivity index (χ0n) is 40.3. The van der Waals surface area contributed by atoms with Crippen molar-refractivity contribution in [2.75, 3.05) is 58.1 Å². The van der Waals surface area contributed by atoms with Crippen LogP contribution in [0.25, 0.3) is 22.6 Å². The molecule has 39 heteroatoms. The van der Waals surface area contributed by atoms with Crippen molar-refractivity contribution >= 4 is 149 Å². The minimum atomic E-state index is -5.11. The average Bonchev–Trinajstić information content (AvgIpc) is 3.36. The molecular formula is C42H35Cl3N14O17S5. The van der Waals surface area contributed by atoms with Crippen molar-refractivity contribution in [3.8, 4) is 23.0 Å². The molecule has 4 heterocycles. The summed E-state index contributed by atoms with van der Waals surface area (Å²) >= 11 is 19.1. The summed E-state index contributed by atoms with van der Waals surface area (Å²) < 4.78 is 184. The quantitative estimate of drug-likeness (QED) is 0.0254. The molecule has 81 heavy (non-hydrogen) atoms. The molecule has 0 unspecified atom stereocenters. The SMILES string of the molecule is CCc1c2c(c(Cl)c3oc4c(S(=O)(=O)O)c(=NCCNc5nc(Cl)nc(Nc6ccc(S(=O)(=O)O)cc6)n5)ccc-4nc13)Nc1ccc(NCCNc3nc(Cl)nc(Nc4ccc(S(=O)(=O)O)cc4S(=O)(=O)O)n3)c(S(=O)(=O)O)c1O2. The molecule has 0 fully saturated rings. The Balaban J connectivity index is 0.944. The summed E-state index contributed by atoms with van der Waals surface area (Å²) in [4.78, 5) is 29.3. The first-order valence-electron chi connectivity index (χ1n) is 22.4. The molecule has 6 aromatic rings. The van der Waals surface area contributed by atoms with E-state index in [1.54, 1.807) is 6.92 Å². The van der Waals surface area contributed by atoms with E-state index < -0.39 is 92.9 Å². The molecule has 0 bridgehead atoms. The lowest BCUT2D eigenvalue weighted by Crippen LogP contribution is -2.20. The maximum atomic E-state index is 13.1. The zero-order valence-corrected chi connectivity index (χ0v) is 46.6. The summed E-state index contributed by atoms with van der Waals surface area (Å²) in [6.07, 6.45) is 0.117. The number of halogens is 3. The molecule has 0 spiro atoms. The van der Waals surface area contributed by atoms with Crippen LogP contribution in [0, 0.1) is 0 Å².